The molecule has 1 aliphatic rings. The fourth-order valence-electron chi connectivity index (χ4n) is 3.93. The van der Waals surface area contributed by atoms with Gasteiger partial charge in [0.05, 0.1) is 31.5 Å². The first-order valence-electron chi connectivity index (χ1n) is 10.9. The zero-order chi connectivity index (χ0) is 24.2. The number of hydrogen-bond donors (Lipinski definition) is 1. The molecule has 8 heteroatoms. The largest absolute Gasteiger partial charge is 0.507 e. The number of ketones is 1. The number of thiophene rings is 1. The van der Waals surface area contributed by atoms with E-state index in [0.717, 1.165) is 4.88 Å². The van der Waals surface area contributed by atoms with Crippen LogP contribution in [0.4, 0.5) is 5.69 Å². The number of carbonyl (C=O) groups is 2. The first-order chi connectivity index (χ1) is 16.5. The molecule has 3 aromatic rings. The van der Waals surface area contributed by atoms with Gasteiger partial charge in [0.2, 0.25) is 0 Å². The summed E-state index contributed by atoms with van der Waals surface area (Å²) in [6.45, 7) is 4.52. The zero-order valence-electron chi connectivity index (χ0n) is 19.1. The van der Waals surface area contributed by atoms with E-state index in [2.05, 4.69) is 0 Å². The molecular formula is C26H25NO6S. The molecule has 2 aromatic carbocycles. The first kappa shape index (κ1) is 23.4. The van der Waals surface area contributed by atoms with Gasteiger partial charge >= 0.3 is 0 Å². The second-order valence-electron chi connectivity index (χ2n) is 7.41. The quantitative estimate of drug-likeness (QED) is 0.272. The molecule has 1 saturated heterocycles. The summed E-state index contributed by atoms with van der Waals surface area (Å²) < 4.78 is 16.5. The Morgan fingerprint density at radius 2 is 1.71 bits per heavy atom. The molecule has 0 aliphatic carbocycles. The van der Waals surface area contributed by atoms with Crippen LogP contribution in [0.3, 0.4) is 0 Å². The van der Waals surface area contributed by atoms with E-state index in [1.54, 1.807) is 49.6 Å². The third-order valence-corrected chi connectivity index (χ3v) is 6.35. The monoisotopic (exact) mass is 479 g/mol. The van der Waals surface area contributed by atoms with Crippen molar-refractivity contribution in [1.82, 2.24) is 0 Å². The lowest BCUT2D eigenvalue weighted by atomic mass is 9.99. The number of aliphatic hydroxyl groups excluding tert-OH is 1. The lowest BCUT2D eigenvalue weighted by Gasteiger charge is -2.24. The van der Waals surface area contributed by atoms with Gasteiger partial charge in [0.25, 0.3) is 11.7 Å². The summed E-state index contributed by atoms with van der Waals surface area (Å²) >= 11 is 1.40. The van der Waals surface area contributed by atoms with Crippen LogP contribution in [-0.2, 0) is 9.59 Å². The molecule has 1 atom stereocenters. The predicted octanol–water partition coefficient (Wildman–Crippen LogP) is 5.18. The Morgan fingerprint density at radius 3 is 2.32 bits per heavy atom. The molecule has 1 aliphatic heterocycles. The number of Topliss-reactive ketones (excluding diaryl/α,β-unsaturated/α-hetero) is 1. The summed E-state index contributed by atoms with van der Waals surface area (Å²) in [5, 5.41) is 13.3. The molecule has 1 unspecified atom stereocenters. The molecule has 34 heavy (non-hydrogen) atoms. The number of nitrogens with zero attached hydrogens (tertiary/aromatic N) is 1. The fourth-order valence-corrected chi connectivity index (χ4v) is 4.76. The van der Waals surface area contributed by atoms with Crippen molar-refractivity contribution < 1.29 is 28.9 Å². The first-order valence-corrected chi connectivity index (χ1v) is 11.8. The highest BCUT2D eigenvalue weighted by atomic mass is 32.1. The van der Waals surface area contributed by atoms with Gasteiger partial charge in [0, 0.05) is 16.6 Å². The second-order valence-corrected chi connectivity index (χ2v) is 8.39. The van der Waals surface area contributed by atoms with Crippen LogP contribution in [0.15, 0.2) is 65.6 Å². The minimum atomic E-state index is -0.783. The van der Waals surface area contributed by atoms with Gasteiger partial charge in [-0.05, 0) is 61.7 Å². The number of rotatable bonds is 8. The molecule has 1 N–H and O–H groups in total. The minimum absolute atomic E-state index is 0.00776. The fraction of sp³-hybridized carbons (Fsp3) is 0.231. The van der Waals surface area contributed by atoms with Crippen molar-refractivity contribution in [2.75, 3.05) is 25.2 Å². The van der Waals surface area contributed by atoms with Crippen molar-refractivity contribution in [1.29, 1.82) is 0 Å². The zero-order valence-corrected chi connectivity index (χ0v) is 19.9. The Labute approximate surface area is 201 Å². The number of carbonyl (C=O) groups excluding carboxylic acids is 2. The van der Waals surface area contributed by atoms with Crippen LogP contribution in [0.1, 0.15) is 30.3 Å². The molecule has 1 fully saturated rings. The van der Waals surface area contributed by atoms with Crippen molar-refractivity contribution in [3.8, 4) is 17.2 Å². The average Bonchev–Trinajstić information content (AvgIpc) is 3.46. The maximum atomic E-state index is 13.3. The van der Waals surface area contributed by atoms with Crippen LogP contribution in [0.25, 0.3) is 5.76 Å². The number of amides is 1. The van der Waals surface area contributed by atoms with Crippen molar-refractivity contribution in [2.24, 2.45) is 0 Å². The normalized spacial score (nSPS) is 17.1. The van der Waals surface area contributed by atoms with Crippen LogP contribution in [0, 0.1) is 0 Å². The van der Waals surface area contributed by atoms with Crippen LogP contribution < -0.4 is 19.1 Å². The molecule has 4 rings (SSSR count). The maximum Gasteiger partial charge on any atom is 0.300 e. The lowest BCUT2D eigenvalue weighted by Crippen LogP contribution is -2.29. The van der Waals surface area contributed by atoms with Gasteiger partial charge in [-0.25, -0.2) is 0 Å². The highest BCUT2D eigenvalue weighted by molar-refractivity contribution is 7.10. The van der Waals surface area contributed by atoms with E-state index < -0.39 is 17.7 Å². The summed E-state index contributed by atoms with van der Waals surface area (Å²) in [5.41, 5.74) is 0.852. The van der Waals surface area contributed by atoms with Gasteiger partial charge in [0.1, 0.15) is 29.0 Å². The molecule has 176 valence electrons. The maximum absolute atomic E-state index is 13.3. The van der Waals surface area contributed by atoms with Crippen LogP contribution in [0.5, 0.6) is 17.2 Å². The number of hydrogen-bond acceptors (Lipinski definition) is 7. The number of ether oxygens (including phenoxy) is 3. The van der Waals surface area contributed by atoms with E-state index in [1.165, 1.54) is 16.2 Å². The Morgan fingerprint density at radius 1 is 1.00 bits per heavy atom. The van der Waals surface area contributed by atoms with Gasteiger partial charge in [-0.2, -0.15) is 0 Å². The molecule has 2 heterocycles. The minimum Gasteiger partial charge on any atom is -0.507 e. The standard InChI is InChI=1S/C26H25NO6S/c1-4-32-18-12-13-19(20(15-18)33-5-2)24(28)22-23(21-7-6-14-34-21)27(26(30)25(22)29)16-8-10-17(31-3)11-9-16/h6-15,23,28H,4-5H2,1-3H3/b24-22-. The number of anilines is 1. The lowest BCUT2D eigenvalue weighted by molar-refractivity contribution is -0.132. The van der Waals surface area contributed by atoms with Gasteiger partial charge in [-0.1, -0.05) is 6.07 Å². The van der Waals surface area contributed by atoms with Gasteiger partial charge in [-0.3, -0.25) is 14.5 Å². The van der Waals surface area contributed by atoms with E-state index >= 15 is 0 Å². The molecule has 1 amide bonds. The molecule has 0 radical (unpaired) electrons. The molecular weight excluding hydrogens is 454 g/mol. The Bertz CT molecular complexity index is 1220. The van der Waals surface area contributed by atoms with Crippen LogP contribution in [-0.4, -0.2) is 37.1 Å². The summed E-state index contributed by atoms with van der Waals surface area (Å²) in [5.74, 6) is -0.192. The third-order valence-electron chi connectivity index (χ3n) is 5.43. The van der Waals surface area contributed by atoms with Crippen LogP contribution in [0.2, 0.25) is 0 Å². The van der Waals surface area contributed by atoms with Gasteiger partial charge in [-0.15, -0.1) is 11.3 Å². The molecule has 0 bridgehead atoms. The highest BCUT2D eigenvalue weighted by Crippen LogP contribution is 2.45. The molecule has 7 nitrogen and oxygen atoms in total. The van der Waals surface area contributed by atoms with E-state index in [9.17, 15) is 14.7 Å². The highest BCUT2D eigenvalue weighted by Gasteiger charge is 2.47. The molecule has 1 aromatic heterocycles. The second kappa shape index (κ2) is 10.0. The van der Waals surface area contributed by atoms with Gasteiger partial charge < -0.3 is 19.3 Å². The van der Waals surface area contributed by atoms with Crippen molar-refractivity contribution >= 4 is 34.5 Å². The molecule has 0 saturated carbocycles. The number of methoxy groups -OCH3 is 1. The number of aliphatic hydroxyl groups is 1. The Balaban J connectivity index is 1.88. The van der Waals surface area contributed by atoms with E-state index in [0.29, 0.717) is 41.7 Å². The summed E-state index contributed by atoms with van der Waals surface area (Å²) in [6.07, 6.45) is 0. The SMILES string of the molecule is CCOc1ccc(/C(O)=C2/C(=O)C(=O)N(c3ccc(OC)cc3)C2c2cccs2)c(OCC)c1. The van der Waals surface area contributed by atoms with E-state index in [4.69, 9.17) is 14.2 Å². The number of benzene rings is 2. The van der Waals surface area contributed by atoms with E-state index in [-0.39, 0.29) is 11.3 Å². The van der Waals surface area contributed by atoms with Gasteiger partial charge in [0.15, 0.2) is 0 Å². The summed E-state index contributed by atoms with van der Waals surface area (Å²) in [7, 11) is 1.56. The summed E-state index contributed by atoms with van der Waals surface area (Å²) in [6, 6.07) is 14.8. The molecule has 0 spiro atoms. The van der Waals surface area contributed by atoms with Crippen molar-refractivity contribution in [2.45, 2.75) is 19.9 Å². The summed E-state index contributed by atoms with van der Waals surface area (Å²) in [4.78, 5) is 28.7. The van der Waals surface area contributed by atoms with Crippen LogP contribution >= 0.6 is 11.3 Å². The average molecular weight is 480 g/mol. The van der Waals surface area contributed by atoms with E-state index in [1.807, 2.05) is 31.4 Å². The Hall–Kier alpha value is -3.78. The smallest absolute Gasteiger partial charge is 0.300 e. The topological polar surface area (TPSA) is 85.3 Å². The van der Waals surface area contributed by atoms with Crippen molar-refractivity contribution in [3.63, 3.8) is 0 Å². The van der Waals surface area contributed by atoms with Crippen molar-refractivity contribution in [3.05, 3.63) is 76.0 Å². The predicted molar refractivity (Wildman–Crippen MR) is 131 cm³/mol. The Kier molecular flexibility index (Phi) is 6.88. The third kappa shape index (κ3) is 4.24.